The third kappa shape index (κ3) is 2.18. The Labute approximate surface area is 78.6 Å². The molecular formula is C10H15N3. The van der Waals surface area contributed by atoms with Crippen molar-refractivity contribution in [2.75, 3.05) is 12.4 Å². The minimum Gasteiger partial charge on any atom is -0.381 e. The van der Waals surface area contributed by atoms with E-state index < -0.39 is 0 Å². The molecule has 3 heteroatoms. The topological polar surface area (TPSA) is 37.0 Å². The Morgan fingerprint density at radius 3 is 3.08 bits per heavy atom. The highest BCUT2D eigenvalue weighted by Gasteiger charge is 2.21. The molecule has 1 aromatic heterocycles. The highest BCUT2D eigenvalue weighted by molar-refractivity contribution is 5.50. The molecule has 0 aliphatic heterocycles. The first kappa shape index (κ1) is 8.51. The molecule has 70 valence electrons. The summed E-state index contributed by atoms with van der Waals surface area (Å²) in [6.07, 6.45) is 6.34. The Kier molecular flexibility index (Phi) is 2.45. The van der Waals surface area contributed by atoms with Crippen molar-refractivity contribution in [2.45, 2.75) is 25.4 Å². The lowest BCUT2D eigenvalue weighted by Gasteiger charge is -2.09. The molecule has 0 saturated heterocycles. The molecule has 1 fully saturated rings. The lowest BCUT2D eigenvalue weighted by Crippen LogP contribution is -2.10. The van der Waals surface area contributed by atoms with E-state index in [2.05, 4.69) is 21.7 Å². The largest absolute Gasteiger partial charge is 0.381 e. The summed E-state index contributed by atoms with van der Waals surface area (Å²) >= 11 is 0. The Hall–Kier alpha value is -1.09. The van der Waals surface area contributed by atoms with Crippen molar-refractivity contribution in [3.63, 3.8) is 0 Å². The molecule has 1 aliphatic carbocycles. The summed E-state index contributed by atoms with van der Waals surface area (Å²) in [7, 11) is 1.96. The van der Waals surface area contributed by atoms with Gasteiger partial charge in [0.05, 0.1) is 11.9 Å². The van der Waals surface area contributed by atoms with Crippen LogP contribution in [0.4, 0.5) is 5.69 Å². The Morgan fingerprint density at radius 2 is 2.38 bits per heavy atom. The van der Waals surface area contributed by atoms with Gasteiger partial charge in [0.1, 0.15) is 0 Å². The average Bonchev–Trinajstić information content (AvgIpc) is 2.93. The summed E-state index contributed by atoms with van der Waals surface area (Å²) in [5, 5.41) is 6.62. The molecule has 1 heterocycles. The van der Waals surface area contributed by atoms with E-state index in [1.54, 1.807) is 0 Å². The third-order valence-corrected chi connectivity index (χ3v) is 2.22. The molecular weight excluding hydrogens is 162 g/mol. The van der Waals surface area contributed by atoms with Gasteiger partial charge < -0.3 is 10.6 Å². The van der Waals surface area contributed by atoms with Crippen LogP contribution in [0.15, 0.2) is 18.5 Å². The number of hydrogen-bond acceptors (Lipinski definition) is 3. The van der Waals surface area contributed by atoms with E-state index in [0.29, 0.717) is 6.04 Å². The predicted molar refractivity (Wildman–Crippen MR) is 53.6 cm³/mol. The first-order valence-corrected chi connectivity index (χ1v) is 4.74. The van der Waals surface area contributed by atoms with Crippen LogP contribution in [0.5, 0.6) is 0 Å². The van der Waals surface area contributed by atoms with Crippen molar-refractivity contribution >= 4 is 5.69 Å². The minimum absolute atomic E-state index is 0.694. The fourth-order valence-corrected chi connectivity index (χ4v) is 1.35. The monoisotopic (exact) mass is 177 g/mol. The van der Waals surface area contributed by atoms with Gasteiger partial charge in [-0.2, -0.15) is 0 Å². The second-order valence-corrected chi connectivity index (χ2v) is 3.48. The molecule has 3 nitrogen and oxygen atoms in total. The van der Waals surface area contributed by atoms with Gasteiger partial charge in [0.15, 0.2) is 0 Å². The Bertz CT molecular complexity index is 281. The number of nitrogens with one attached hydrogen (secondary N) is 2. The maximum Gasteiger partial charge on any atom is 0.0574 e. The summed E-state index contributed by atoms with van der Waals surface area (Å²) < 4.78 is 0. The zero-order valence-electron chi connectivity index (χ0n) is 7.88. The number of nitrogens with zero attached hydrogens (tertiary/aromatic N) is 1. The van der Waals surface area contributed by atoms with Gasteiger partial charge in [-0.3, -0.25) is 4.98 Å². The highest BCUT2D eigenvalue weighted by Crippen LogP contribution is 2.25. The first-order valence-electron chi connectivity index (χ1n) is 4.74. The van der Waals surface area contributed by atoms with E-state index in [1.165, 1.54) is 24.1 Å². The van der Waals surface area contributed by atoms with Crippen molar-refractivity contribution < 1.29 is 0 Å². The lowest BCUT2D eigenvalue weighted by atomic mass is 10.2. The summed E-state index contributed by atoms with van der Waals surface area (Å²) in [5.74, 6) is 0. The smallest absolute Gasteiger partial charge is 0.0574 e. The van der Waals surface area contributed by atoms with E-state index in [0.717, 1.165) is 6.54 Å². The highest BCUT2D eigenvalue weighted by atomic mass is 15.0. The SMILES string of the molecule is CNCc1ccncc1NC1CC1. The van der Waals surface area contributed by atoms with E-state index >= 15 is 0 Å². The summed E-state index contributed by atoms with van der Waals surface area (Å²) in [5.41, 5.74) is 2.48. The van der Waals surface area contributed by atoms with Crippen LogP contribution in [0.2, 0.25) is 0 Å². The molecule has 2 rings (SSSR count). The van der Waals surface area contributed by atoms with Gasteiger partial charge in [-0.25, -0.2) is 0 Å². The number of anilines is 1. The minimum atomic E-state index is 0.694. The number of aromatic nitrogens is 1. The quantitative estimate of drug-likeness (QED) is 0.729. The molecule has 0 bridgehead atoms. The lowest BCUT2D eigenvalue weighted by molar-refractivity contribution is 0.815. The molecule has 13 heavy (non-hydrogen) atoms. The maximum absolute atomic E-state index is 4.12. The van der Waals surface area contributed by atoms with Crippen LogP contribution >= 0.6 is 0 Å². The molecule has 1 saturated carbocycles. The second-order valence-electron chi connectivity index (χ2n) is 3.48. The van der Waals surface area contributed by atoms with Crippen LogP contribution < -0.4 is 10.6 Å². The van der Waals surface area contributed by atoms with Crippen LogP contribution in [-0.2, 0) is 6.54 Å². The molecule has 0 aromatic carbocycles. The Morgan fingerprint density at radius 1 is 1.54 bits per heavy atom. The summed E-state index contributed by atoms with van der Waals surface area (Å²) in [6.45, 7) is 0.900. The van der Waals surface area contributed by atoms with E-state index in [-0.39, 0.29) is 0 Å². The normalized spacial score (nSPS) is 15.8. The fraction of sp³-hybridized carbons (Fsp3) is 0.500. The van der Waals surface area contributed by atoms with Crippen LogP contribution in [0.1, 0.15) is 18.4 Å². The zero-order chi connectivity index (χ0) is 9.10. The van der Waals surface area contributed by atoms with Crippen molar-refractivity contribution in [3.8, 4) is 0 Å². The molecule has 0 atom stereocenters. The van der Waals surface area contributed by atoms with E-state index in [1.807, 2.05) is 19.4 Å². The number of hydrogen-bond donors (Lipinski definition) is 2. The average molecular weight is 177 g/mol. The van der Waals surface area contributed by atoms with E-state index in [9.17, 15) is 0 Å². The summed E-state index contributed by atoms with van der Waals surface area (Å²) in [4.78, 5) is 4.12. The molecule has 2 N–H and O–H groups in total. The van der Waals surface area contributed by atoms with Crippen molar-refractivity contribution in [1.82, 2.24) is 10.3 Å². The van der Waals surface area contributed by atoms with Gasteiger partial charge in [-0.15, -0.1) is 0 Å². The maximum atomic E-state index is 4.12. The van der Waals surface area contributed by atoms with Gasteiger partial charge in [-0.05, 0) is 31.5 Å². The third-order valence-electron chi connectivity index (χ3n) is 2.22. The Balaban J connectivity index is 2.10. The van der Waals surface area contributed by atoms with Gasteiger partial charge in [0, 0.05) is 18.8 Å². The predicted octanol–water partition coefficient (Wildman–Crippen LogP) is 1.38. The molecule has 0 unspecified atom stereocenters. The van der Waals surface area contributed by atoms with E-state index in [4.69, 9.17) is 0 Å². The fourth-order valence-electron chi connectivity index (χ4n) is 1.35. The number of pyridine rings is 1. The molecule has 1 aliphatic rings. The molecule has 0 amide bonds. The molecule has 0 spiro atoms. The van der Waals surface area contributed by atoms with Gasteiger partial charge >= 0.3 is 0 Å². The summed E-state index contributed by atoms with van der Waals surface area (Å²) in [6, 6.07) is 2.75. The first-order chi connectivity index (χ1) is 6.40. The van der Waals surface area contributed by atoms with Crippen molar-refractivity contribution in [2.24, 2.45) is 0 Å². The molecule has 0 radical (unpaired) electrons. The van der Waals surface area contributed by atoms with Crippen molar-refractivity contribution in [1.29, 1.82) is 0 Å². The standard InChI is InChI=1S/C10H15N3/c1-11-6-8-4-5-12-7-10(8)13-9-2-3-9/h4-5,7,9,11,13H,2-3,6H2,1H3. The zero-order valence-corrected chi connectivity index (χ0v) is 7.88. The second kappa shape index (κ2) is 3.75. The van der Waals surface area contributed by atoms with Gasteiger partial charge in [-0.1, -0.05) is 0 Å². The van der Waals surface area contributed by atoms with Crippen LogP contribution in [0, 0.1) is 0 Å². The van der Waals surface area contributed by atoms with Crippen LogP contribution in [0.3, 0.4) is 0 Å². The van der Waals surface area contributed by atoms with Gasteiger partial charge in [0.25, 0.3) is 0 Å². The van der Waals surface area contributed by atoms with Crippen LogP contribution in [-0.4, -0.2) is 18.1 Å². The van der Waals surface area contributed by atoms with Gasteiger partial charge in [0.2, 0.25) is 0 Å². The van der Waals surface area contributed by atoms with Crippen molar-refractivity contribution in [3.05, 3.63) is 24.0 Å². The van der Waals surface area contributed by atoms with Crippen LogP contribution in [0.25, 0.3) is 0 Å². The number of rotatable bonds is 4. The molecule has 1 aromatic rings.